The van der Waals surface area contributed by atoms with Crippen LogP contribution in [0.4, 0.5) is 0 Å². The highest BCUT2D eigenvalue weighted by molar-refractivity contribution is 7.89. The molecule has 0 bridgehead atoms. The third-order valence-corrected chi connectivity index (χ3v) is 5.63. The number of sulfonamides is 1. The molecular formula is C17H14ClNO4S. The van der Waals surface area contributed by atoms with E-state index in [1.807, 2.05) is 6.07 Å². The third-order valence-electron chi connectivity index (χ3n) is 3.59. The van der Waals surface area contributed by atoms with Crippen molar-refractivity contribution in [3.8, 4) is 0 Å². The predicted octanol–water partition coefficient (Wildman–Crippen LogP) is 3.27. The zero-order valence-corrected chi connectivity index (χ0v) is 14.3. The largest absolute Gasteiger partial charge is 0.423 e. The molecule has 5 nitrogen and oxygen atoms in total. The van der Waals surface area contributed by atoms with Crippen molar-refractivity contribution in [3.63, 3.8) is 0 Å². The molecule has 3 aromatic rings. The topological polar surface area (TPSA) is 67.6 Å². The highest BCUT2D eigenvalue weighted by Gasteiger charge is 2.21. The fourth-order valence-corrected chi connectivity index (χ4v) is 3.78. The van der Waals surface area contributed by atoms with Crippen molar-refractivity contribution in [1.82, 2.24) is 4.31 Å². The van der Waals surface area contributed by atoms with Crippen LogP contribution in [0.1, 0.15) is 5.56 Å². The lowest BCUT2D eigenvalue weighted by Gasteiger charge is -2.17. The Morgan fingerprint density at radius 2 is 1.88 bits per heavy atom. The number of rotatable bonds is 4. The van der Waals surface area contributed by atoms with E-state index in [2.05, 4.69) is 0 Å². The van der Waals surface area contributed by atoms with Gasteiger partial charge in [-0.2, -0.15) is 4.31 Å². The maximum atomic E-state index is 12.7. The zero-order chi connectivity index (χ0) is 17.3. The number of benzene rings is 2. The number of fused-ring (bicyclic) bond motifs is 1. The van der Waals surface area contributed by atoms with Crippen LogP contribution >= 0.6 is 11.6 Å². The van der Waals surface area contributed by atoms with Crippen molar-refractivity contribution in [2.75, 3.05) is 7.05 Å². The molecule has 2 aromatic carbocycles. The molecule has 0 saturated carbocycles. The number of hydrogen-bond acceptors (Lipinski definition) is 4. The fourth-order valence-electron chi connectivity index (χ4n) is 2.37. The van der Waals surface area contributed by atoms with Crippen LogP contribution in [-0.2, 0) is 16.6 Å². The van der Waals surface area contributed by atoms with Gasteiger partial charge in [-0.05, 0) is 42.0 Å². The Labute approximate surface area is 144 Å². The van der Waals surface area contributed by atoms with Gasteiger partial charge in [-0.15, -0.1) is 0 Å². The Bertz CT molecular complexity index is 1060. The van der Waals surface area contributed by atoms with Gasteiger partial charge in [-0.3, -0.25) is 0 Å². The van der Waals surface area contributed by atoms with Crippen molar-refractivity contribution in [2.45, 2.75) is 11.4 Å². The Morgan fingerprint density at radius 3 is 2.62 bits per heavy atom. The highest BCUT2D eigenvalue weighted by atomic mass is 35.5. The van der Waals surface area contributed by atoms with Crippen molar-refractivity contribution in [2.24, 2.45) is 0 Å². The first-order valence-corrected chi connectivity index (χ1v) is 8.93. The van der Waals surface area contributed by atoms with E-state index in [0.717, 1.165) is 5.56 Å². The summed E-state index contributed by atoms with van der Waals surface area (Å²) in [5.74, 6) is 0. The van der Waals surface area contributed by atoms with E-state index in [4.69, 9.17) is 16.0 Å². The summed E-state index contributed by atoms with van der Waals surface area (Å²) >= 11 is 5.93. The minimum atomic E-state index is -3.68. The molecule has 0 radical (unpaired) electrons. The number of halogens is 1. The van der Waals surface area contributed by atoms with E-state index in [1.165, 1.54) is 41.7 Å². The first-order chi connectivity index (χ1) is 11.4. The first-order valence-electron chi connectivity index (χ1n) is 7.11. The molecule has 0 unspecified atom stereocenters. The maximum Gasteiger partial charge on any atom is 0.336 e. The van der Waals surface area contributed by atoms with Gasteiger partial charge in [0.05, 0.1) is 4.90 Å². The van der Waals surface area contributed by atoms with Crippen LogP contribution in [-0.4, -0.2) is 19.8 Å². The SMILES string of the molecule is CN(Cc1cccc(Cl)c1)S(=O)(=O)c1ccc2oc(=O)ccc2c1. The summed E-state index contributed by atoms with van der Waals surface area (Å²) in [5.41, 5.74) is 0.662. The van der Waals surface area contributed by atoms with Crippen LogP contribution in [0.3, 0.4) is 0 Å². The van der Waals surface area contributed by atoms with Gasteiger partial charge in [0, 0.05) is 30.1 Å². The Kier molecular flexibility index (Phi) is 4.45. The highest BCUT2D eigenvalue weighted by Crippen LogP contribution is 2.22. The summed E-state index contributed by atoms with van der Waals surface area (Å²) in [5, 5.41) is 1.10. The molecule has 0 N–H and O–H groups in total. The molecule has 24 heavy (non-hydrogen) atoms. The van der Waals surface area contributed by atoms with Gasteiger partial charge in [0.2, 0.25) is 10.0 Å². The second-order valence-corrected chi connectivity index (χ2v) is 7.83. The smallest absolute Gasteiger partial charge is 0.336 e. The van der Waals surface area contributed by atoms with Gasteiger partial charge >= 0.3 is 5.63 Å². The summed E-state index contributed by atoms with van der Waals surface area (Å²) in [7, 11) is -2.18. The Hall–Kier alpha value is -2.15. The van der Waals surface area contributed by atoms with Crippen LogP contribution in [0.5, 0.6) is 0 Å². The molecule has 0 atom stereocenters. The lowest BCUT2D eigenvalue weighted by Crippen LogP contribution is -2.26. The average Bonchev–Trinajstić information content (AvgIpc) is 2.54. The standard InChI is InChI=1S/C17H14ClNO4S/c1-19(11-12-3-2-4-14(18)9-12)24(21,22)15-6-7-16-13(10-15)5-8-17(20)23-16/h2-10H,11H2,1H3. The fraction of sp³-hybridized carbons (Fsp3) is 0.118. The van der Waals surface area contributed by atoms with Crippen molar-refractivity contribution >= 4 is 32.6 Å². The first kappa shape index (κ1) is 16.7. The quantitative estimate of drug-likeness (QED) is 0.667. The lowest BCUT2D eigenvalue weighted by atomic mass is 10.2. The van der Waals surface area contributed by atoms with Gasteiger partial charge in [0.25, 0.3) is 0 Å². The third kappa shape index (κ3) is 3.36. The van der Waals surface area contributed by atoms with E-state index in [-0.39, 0.29) is 11.4 Å². The molecule has 0 spiro atoms. The summed E-state index contributed by atoms with van der Waals surface area (Å²) in [6.45, 7) is 0.199. The van der Waals surface area contributed by atoms with Crippen molar-refractivity contribution in [1.29, 1.82) is 0 Å². The molecule has 0 fully saturated rings. The van der Waals surface area contributed by atoms with E-state index in [9.17, 15) is 13.2 Å². The molecule has 0 amide bonds. The van der Waals surface area contributed by atoms with Crippen LogP contribution < -0.4 is 5.63 Å². The van der Waals surface area contributed by atoms with Gasteiger partial charge in [0.1, 0.15) is 5.58 Å². The second-order valence-electron chi connectivity index (χ2n) is 5.35. The van der Waals surface area contributed by atoms with E-state index >= 15 is 0 Å². The van der Waals surface area contributed by atoms with Crippen molar-refractivity contribution < 1.29 is 12.8 Å². The summed E-state index contributed by atoms with van der Waals surface area (Å²) in [6.07, 6.45) is 0. The monoisotopic (exact) mass is 363 g/mol. The minimum absolute atomic E-state index is 0.133. The van der Waals surface area contributed by atoms with Gasteiger partial charge in [-0.1, -0.05) is 23.7 Å². The summed E-state index contributed by atoms with van der Waals surface area (Å²) < 4.78 is 31.7. The van der Waals surface area contributed by atoms with Gasteiger partial charge < -0.3 is 4.42 Å². The summed E-state index contributed by atoms with van der Waals surface area (Å²) in [4.78, 5) is 11.3. The van der Waals surface area contributed by atoms with Gasteiger partial charge in [-0.25, -0.2) is 13.2 Å². The average molecular weight is 364 g/mol. The van der Waals surface area contributed by atoms with Crippen LogP contribution in [0.2, 0.25) is 5.02 Å². The summed E-state index contributed by atoms with van der Waals surface area (Å²) in [6, 6.07) is 14.2. The molecule has 0 aliphatic heterocycles. The zero-order valence-electron chi connectivity index (χ0n) is 12.8. The number of nitrogens with zero attached hydrogens (tertiary/aromatic N) is 1. The molecule has 124 valence electrons. The Morgan fingerprint density at radius 1 is 1.08 bits per heavy atom. The molecule has 0 aliphatic carbocycles. The second kappa shape index (κ2) is 6.39. The maximum absolute atomic E-state index is 12.7. The van der Waals surface area contributed by atoms with Crippen LogP contribution in [0, 0.1) is 0 Å². The van der Waals surface area contributed by atoms with E-state index < -0.39 is 15.6 Å². The normalized spacial score (nSPS) is 12.0. The van der Waals surface area contributed by atoms with E-state index in [0.29, 0.717) is 16.0 Å². The molecule has 1 aromatic heterocycles. The van der Waals surface area contributed by atoms with E-state index in [1.54, 1.807) is 18.2 Å². The molecule has 0 saturated heterocycles. The van der Waals surface area contributed by atoms with Crippen LogP contribution in [0.15, 0.2) is 68.7 Å². The number of hydrogen-bond donors (Lipinski definition) is 0. The van der Waals surface area contributed by atoms with Crippen molar-refractivity contribution in [3.05, 3.63) is 75.6 Å². The Balaban J connectivity index is 1.94. The molecule has 7 heteroatoms. The predicted molar refractivity (Wildman–Crippen MR) is 92.6 cm³/mol. The lowest BCUT2D eigenvalue weighted by molar-refractivity contribution is 0.467. The molecular weight excluding hydrogens is 350 g/mol. The minimum Gasteiger partial charge on any atom is -0.423 e. The van der Waals surface area contributed by atoms with Gasteiger partial charge in [0.15, 0.2) is 0 Å². The molecule has 0 aliphatic rings. The molecule has 3 rings (SSSR count). The molecule has 1 heterocycles. The van der Waals surface area contributed by atoms with Crippen LogP contribution in [0.25, 0.3) is 11.0 Å².